The largest absolute Gasteiger partial charge is 0.395 e. The highest BCUT2D eigenvalue weighted by Gasteiger charge is 2.35. The highest BCUT2D eigenvalue weighted by Crippen LogP contribution is 2.38. The highest BCUT2D eigenvalue weighted by molar-refractivity contribution is 7.80. The second-order valence-electron chi connectivity index (χ2n) is 4.14. The third-order valence-corrected chi connectivity index (χ3v) is 3.25. The van der Waals surface area contributed by atoms with E-state index in [0.717, 1.165) is 5.92 Å². The smallest absolute Gasteiger partial charge is 0.181 e. The zero-order valence-electron chi connectivity index (χ0n) is 8.57. The molecule has 0 unspecified atom stereocenters. The second-order valence-corrected chi connectivity index (χ2v) is 4.54. The normalized spacial score (nSPS) is 31.9. The van der Waals surface area contributed by atoms with E-state index in [2.05, 4.69) is 28.3 Å². The number of hydrogen-bond donors (Lipinski definition) is 4. The first-order chi connectivity index (χ1) is 7.29. The zero-order valence-corrected chi connectivity index (χ0v) is 9.39. The Morgan fingerprint density at radius 3 is 2.87 bits per heavy atom. The van der Waals surface area contributed by atoms with Crippen molar-refractivity contribution >= 4 is 17.3 Å². The molecule has 2 rings (SSSR count). The van der Waals surface area contributed by atoms with Gasteiger partial charge in [0.15, 0.2) is 5.11 Å². The van der Waals surface area contributed by atoms with Gasteiger partial charge in [0.25, 0.3) is 0 Å². The van der Waals surface area contributed by atoms with Gasteiger partial charge in [0.1, 0.15) is 0 Å². The third-order valence-electron chi connectivity index (χ3n) is 3.03. The van der Waals surface area contributed by atoms with Crippen LogP contribution < -0.4 is 16.2 Å². The number of aliphatic hydroxyl groups excluding tert-OH is 1. The van der Waals surface area contributed by atoms with Gasteiger partial charge in [-0.25, -0.2) is 5.43 Å². The van der Waals surface area contributed by atoms with Crippen LogP contribution in [0.15, 0.2) is 12.2 Å². The molecule has 0 aromatic carbocycles. The Labute approximate surface area is 95.1 Å². The average Bonchev–Trinajstić information content (AvgIpc) is 2.79. The molecule has 2 aliphatic carbocycles. The van der Waals surface area contributed by atoms with E-state index in [4.69, 9.17) is 17.3 Å². The van der Waals surface area contributed by atoms with Gasteiger partial charge in [-0.05, 0) is 36.9 Å². The lowest BCUT2D eigenvalue weighted by atomic mass is 10.0. The maximum Gasteiger partial charge on any atom is 0.181 e. The molecule has 1 fully saturated rings. The van der Waals surface area contributed by atoms with Crippen molar-refractivity contribution in [3.8, 4) is 0 Å². The van der Waals surface area contributed by atoms with Gasteiger partial charge in [-0.2, -0.15) is 0 Å². The maximum absolute atomic E-state index is 8.57. The summed E-state index contributed by atoms with van der Waals surface area (Å²) in [6, 6.07) is 0.482. The fraction of sp³-hybridized carbons (Fsp3) is 0.700. The van der Waals surface area contributed by atoms with E-state index in [1.807, 2.05) is 0 Å². The minimum absolute atomic E-state index is 0.104. The Hall–Kier alpha value is -0.650. The molecular formula is C10H17N3OS. The van der Waals surface area contributed by atoms with Crippen molar-refractivity contribution in [2.75, 3.05) is 13.2 Å². The Morgan fingerprint density at radius 2 is 2.27 bits per heavy atom. The molecule has 0 aromatic heterocycles. The number of hydrazine groups is 1. The predicted octanol–water partition coefficient (Wildman–Crippen LogP) is -0.0880. The van der Waals surface area contributed by atoms with Crippen LogP contribution in [0, 0.1) is 11.8 Å². The van der Waals surface area contributed by atoms with Crippen molar-refractivity contribution in [2.45, 2.75) is 18.9 Å². The maximum atomic E-state index is 8.57. The molecule has 84 valence electrons. The second kappa shape index (κ2) is 4.92. The summed E-state index contributed by atoms with van der Waals surface area (Å²) in [7, 11) is 0. The molecule has 15 heavy (non-hydrogen) atoms. The van der Waals surface area contributed by atoms with Crippen molar-refractivity contribution in [3.63, 3.8) is 0 Å². The zero-order chi connectivity index (χ0) is 10.7. The van der Waals surface area contributed by atoms with Gasteiger partial charge in [-0.1, -0.05) is 12.2 Å². The molecule has 2 bridgehead atoms. The first-order valence-electron chi connectivity index (χ1n) is 5.38. The van der Waals surface area contributed by atoms with Gasteiger partial charge in [0.2, 0.25) is 0 Å². The third kappa shape index (κ3) is 2.68. The van der Waals surface area contributed by atoms with Gasteiger partial charge in [-0.3, -0.25) is 5.43 Å². The molecule has 0 saturated heterocycles. The molecule has 0 spiro atoms. The molecule has 5 heteroatoms. The lowest BCUT2D eigenvalue weighted by Gasteiger charge is -2.21. The SMILES string of the molecule is OCCNNC(=S)N[C@@H]1C[C@H]2C=C[C@H]1C2. The summed E-state index contributed by atoms with van der Waals surface area (Å²) in [5, 5.41) is 12.5. The molecule has 1 saturated carbocycles. The lowest BCUT2D eigenvalue weighted by molar-refractivity contribution is 0.289. The molecule has 4 nitrogen and oxygen atoms in total. The van der Waals surface area contributed by atoms with E-state index in [-0.39, 0.29) is 6.61 Å². The standard InChI is InChI=1S/C10H17N3OS/c14-4-3-11-13-10(15)12-9-6-7-1-2-8(9)5-7/h1-2,7-9,11,14H,3-6H2,(H2,12,13,15)/t7-,8-,9+/m0/s1. The van der Waals surface area contributed by atoms with E-state index >= 15 is 0 Å². The molecule has 0 heterocycles. The van der Waals surface area contributed by atoms with Crippen molar-refractivity contribution in [2.24, 2.45) is 11.8 Å². The van der Waals surface area contributed by atoms with Gasteiger partial charge in [-0.15, -0.1) is 0 Å². The summed E-state index contributed by atoms with van der Waals surface area (Å²) in [4.78, 5) is 0. The summed E-state index contributed by atoms with van der Waals surface area (Å²) >= 11 is 5.13. The van der Waals surface area contributed by atoms with Crippen molar-refractivity contribution in [3.05, 3.63) is 12.2 Å². The van der Waals surface area contributed by atoms with E-state index in [0.29, 0.717) is 23.6 Å². The summed E-state index contributed by atoms with van der Waals surface area (Å²) in [6.07, 6.45) is 7.05. The molecule has 0 aromatic rings. The fourth-order valence-electron chi connectivity index (χ4n) is 2.35. The Kier molecular flexibility index (Phi) is 3.56. The molecule has 0 amide bonds. The van der Waals surface area contributed by atoms with Crippen LogP contribution in [0.5, 0.6) is 0 Å². The number of thiocarbonyl (C=S) groups is 1. The van der Waals surface area contributed by atoms with Gasteiger partial charge in [0, 0.05) is 12.6 Å². The lowest BCUT2D eigenvalue weighted by Crippen LogP contribution is -2.49. The number of aliphatic hydroxyl groups is 1. The number of fused-ring (bicyclic) bond motifs is 2. The monoisotopic (exact) mass is 227 g/mol. The van der Waals surface area contributed by atoms with Crippen LogP contribution in [0.1, 0.15) is 12.8 Å². The Bertz CT molecular complexity index is 269. The van der Waals surface area contributed by atoms with Gasteiger partial charge in [0.05, 0.1) is 6.61 Å². The van der Waals surface area contributed by atoms with Crippen LogP contribution in [0.2, 0.25) is 0 Å². The first-order valence-corrected chi connectivity index (χ1v) is 5.79. The van der Waals surface area contributed by atoms with E-state index in [9.17, 15) is 0 Å². The Balaban J connectivity index is 1.69. The molecular weight excluding hydrogens is 210 g/mol. The fourth-order valence-corrected chi connectivity index (χ4v) is 2.57. The number of allylic oxidation sites excluding steroid dienone is 1. The van der Waals surface area contributed by atoms with Crippen LogP contribution >= 0.6 is 12.2 Å². The van der Waals surface area contributed by atoms with E-state index in [1.165, 1.54) is 12.8 Å². The van der Waals surface area contributed by atoms with Gasteiger partial charge < -0.3 is 10.4 Å². The van der Waals surface area contributed by atoms with Crippen LogP contribution in [0.25, 0.3) is 0 Å². The van der Waals surface area contributed by atoms with Crippen molar-refractivity contribution < 1.29 is 5.11 Å². The van der Waals surface area contributed by atoms with Crippen LogP contribution in [0.4, 0.5) is 0 Å². The first kappa shape index (κ1) is 10.9. The number of hydrogen-bond acceptors (Lipinski definition) is 3. The van der Waals surface area contributed by atoms with Crippen LogP contribution in [-0.2, 0) is 0 Å². The predicted molar refractivity (Wildman–Crippen MR) is 63.1 cm³/mol. The van der Waals surface area contributed by atoms with E-state index < -0.39 is 0 Å². The topological polar surface area (TPSA) is 56.3 Å². The summed E-state index contributed by atoms with van der Waals surface area (Å²) in [5.74, 6) is 1.40. The van der Waals surface area contributed by atoms with Crippen LogP contribution in [0.3, 0.4) is 0 Å². The van der Waals surface area contributed by atoms with Crippen molar-refractivity contribution in [1.82, 2.24) is 16.2 Å². The summed E-state index contributed by atoms with van der Waals surface area (Å²) in [6.45, 7) is 0.602. The Morgan fingerprint density at radius 1 is 1.40 bits per heavy atom. The summed E-state index contributed by atoms with van der Waals surface area (Å²) in [5.41, 5.74) is 5.69. The average molecular weight is 227 g/mol. The van der Waals surface area contributed by atoms with Gasteiger partial charge >= 0.3 is 0 Å². The van der Waals surface area contributed by atoms with Crippen molar-refractivity contribution in [1.29, 1.82) is 0 Å². The molecule has 3 atom stereocenters. The summed E-state index contributed by atoms with van der Waals surface area (Å²) < 4.78 is 0. The minimum Gasteiger partial charge on any atom is -0.395 e. The minimum atomic E-state index is 0.104. The molecule has 4 N–H and O–H groups in total. The quantitative estimate of drug-likeness (QED) is 0.234. The molecule has 2 aliphatic rings. The highest BCUT2D eigenvalue weighted by atomic mass is 32.1. The number of rotatable bonds is 4. The van der Waals surface area contributed by atoms with E-state index in [1.54, 1.807) is 0 Å². The number of nitrogens with one attached hydrogen (secondary N) is 3. The molecule has 0 aliphatic heterocycles. The van der Waals surface area contributed by atoms with Crippen LogP contribution in [-0.4, -0.2) is 29.4 Å². The molecule has 0 radical (unpaired) electrons.